The molecule has 1 aromatic heterocycles. The molecule has 0 aliphatic heterocycles. The molecule has 0 aliphatic carbocycles. The second-order valence-corrected chi connectivity index (χ2v) is 3.42. The van der Waals surface area contributed by atoms with E-state index in [1.165, 1.54) is 0 Å². The van der Waals surface area contributed by atoms with Crippen molar-refractivity contribution >= 4 is 12.4 Å². The quantitative estimate of drug-likeness (QED) is 0.815. The van der Waals surface area contributed by atoms with Crippen LogP contribution >= 0.6 is 12.4 Å². The Bertz CT molecular complexity index is 272. The van der Waals surface area contributed by atoms with Gasteiger partial charge < -0.3 is 15.2 Å². The number of methoxy groups -OCH3 is 2. The van der Waals surface area contributed by atoms with E-state index in [-0.39, 0.29) is 24.6 Å². The van der Waals surface area contributed by atoms with Crippen molar-refractivity contribution in [3.63, 3.8) is 0 Å². The van der Waals surface area contributed by atoms with Crippen LogP contribution in [-0.2, 0) is 15.9 Å². The molecule has 0 radical (unpaired) electrons. The third-order valence-corrected chi connectivity index (χ3v) is 2.28. The molecule has 0 spiro atoms. The maximum Gasteiger partial charge on any atom is 0.0958 e. The first-order valence-corrected chi connectivity index (χ1v) is 4.95. The molecule has 2 atom stereocenters. The standard InChI is InChI=1S/C11H18N2O2.ClH/c1-14-8-11(15-2)10(12)7-9-5-3-4-6-13-9;/h3-6,10-11H,7-8,12H2,1-2H3;1H. The smallest absolute Gasteiger partial charge is 0.0958 e. The monoisotopic (exact) mass is 246 g/mol. The maximum absolute atomic E-state index is 6.00. The number of hydrogen-bond acceptors (Lipinski definition) is 4. The summed E-state index contributed by atoms with van der Waals surface area (Å²) in [5, 5.41) is 0. The summed E-state index contributed by atoms with van der Waals surface area (Å²) in [5.41, 5.74) is 6.98. The summed E-state index contributed by atoms with van der Waals surface area (Å²) in [4.78, 5) is 4.22. The number of pyridine rings is 1. The van der Waals surface area contributed by atoms with Gasteiger partial charge in [0, 0.05) is 38.6 Å². The van der Waals surface area contributed by atoms with Gasteiger partial charge in [-0.25, -0.2) is 0 Å². The number of nitrogens with two attached hydrogens (primary N) is 1. The lowest BCUT2D eigenvalue weighted by Crippen LogP contribution is -2.41. The predicted molar refractivity (Wildman–Crippen MR) is 65.8 cm³/mol. The Hall–Kier alpha value is -0.680. The molecule has 0 fully saturated rings. The first-order valence-electron chi connectivity index (χ1n) is 4.95. The molecule has 5 heteroatoms. The lowest BCUT2D eigenvalue weighted by Gasteiger charge is -2.21. The van der Waals surface area contributed by atoms with Gasteiger partial charge in [0.15, 0.2) is 0 Å². The zero-order valence-corrected chi connectivity index (χ0v) is 10.4. The minimum absolute atomic E-state index is 0. The van der Waals surface area contributed by atoms with Crippen LogP contribution in [0.5, 0.6) is 0 Å². The average molecular weight is 247 g/mol. The first kappa shape index (κ1) is 15.3. The van der Waals surface area contributed by atoms with Crippen molar-refractivity contribution in [1.82, 2.24) is 4.98 Å². The highest BCUT2D eigenvalue weighted by Crippen LogP contribution is 2.04. The molecule has 0 saturated carbocycles. The Labute approximate surface area is 103 Å². The van der Waals surface area contributed by atoms with Crippen LogP contribution in [0, 0.1) is 0 Å². The highest BCUT2D eigenvalue weighted by molar-refractivity contribution is 5.85. The summed E-state index contributed by atoms with van der Waals surface area (Å²) in [6.07, 6.45) is 2.38. The van der Waals surface area contributed by atoms with E-state index in [0.29, 0.717) is 13.0 Å². The molecular weight excluding hydrogens is 228 g/mol. The van der Waals surface area contributed by atoms with Gasteiger partial charge in [0.05, 0.1) is 12.7 Å². The molecule has 92 valence electrons. The lowest BCUT2D eigenvalue weighted by atomic mass is 10.1. The van der Waals surface area contributed by atoms with Gasteiger partial charge in [-0.05, 0) is 12.1 Å². The first-order chi connectivity index (χ1) is 7.27. The zero-order chi connectivity index (χ0) is 11.1. The second-order valence-electron chi connectivity index (χ2n) is 3.42. The fourth-order valence-corrected chi connectivity index (χ4v) is 1.42. The molecule has 2 unspecified atom stereocenters. The Morgan fingerprint density at radius 3 is 2.62 bits per heavy atom. The van der Waals surface area contributed by atoms with Crippen molar-refractivity contribution in [3.05, 3.63) is 30.1 Å². The number of rotatable bonds is 6. The second kappa shape index (κ2) is 8.47. The van der Waals surface area contributed by atoms with Gasteiger partial charge >= 0.3 is 0 Å². The lowest BCUT2D eigenvalue weighted by molar-refractivity contribution is 0.0129. The van der Waals surface area contributed by atoms with E-state index in [2.05, 4.69) is 4.98 Å². The van der Waals surface area contributed by atoms with E-state index < -0.39 is 0 Å². The molecule has 4 nitrogen and oxygen atoms in total. The minimum atomic E-state index is -0.0927. The highest BCUT2D eigenvalue weighted by atomic mass is 35.5. The van der Waals surface area contributed by atoms with E-state index in [0.717, 1.165) is 5.69 Å². The van der Waals surface area contributed by atoms with E-state index in [1.54, 1.807) is 20.4 Å². The minimum Gasteiger partial charge on any atom is -0.382 e. The number of nitrogens with zero attached hydrogens (tertiary/aromatic N) is 1. The fourth-order valence-electron chi connectivity index (χ4n) is 1.42. The maximum atomic E-state index is 6.00. The summed E-state index contributed by atoms with van der Waals surface area (Å²) in [6, 6.07) is 5.70. The molecular formula is C11H19ClN2O2. The van der Waals surface area contributed by atoms with Gasteiger partial charge in [0.2, 0.25) is 0 Å². The van der Waals surface area contributed by atoms with Crippen LogP contribution in [0.25, 0.3) is 0 Å². The third kappa shape index (κ3) is 4.90. The summed E-state index contributed by atoms with van der Waals surface area (Å²) >= 11 is 0. The molecule has 2 N–H and O–H groups in total. The average Bonchev–Trinajstić information content (AvgIpc) is 2.27. The molecule has 0 aromatic carbocycles. The molecule has 1 heterocycles. The highest BCUT2D eigenvalue weighted by Gasteiger charge is 2.17. The van der Waals surface area contributed by atoms with Crippen molar-refractivity contribution in [2.45, 2.75) is 18.6 Å². The summed E-state index contributed by atoms with van der Waals surface area (Å²) in [6.45, 7) is 0.504. The molecule has 0 bridgehead atoms. The van der Waals surface area contributed by atoms with Crippen LogP contribution in [0.2, 0.25) is 0 Å². The van der Waals surface area contributed by atoms with Crippen LogP contribution in [0.15, 0.2) is 24.4 Å². The molecule has 16 heavy (non-hydrogen) atoms. The van der Waals surface area contributed by atoms with Gasteiger partial charge in [-0.15, -0.1) is 12.4 Å². The number of halogens is 1. The Morgan fingerprint density at radius 2 is 2.12 bits per heavy atom. The molecule has 1 aromatic rings. The normalized spacial score (nSPS) is 13.9. The summed E-state index contributed by atoms with van der Waals surface area (Å²) in [5.74, 6) is 0. The van der Waals surface area contributed by atoms with Gasteiger partial charge in [-0.2, -0.15) is 0 Å². The Balaban J connectivity index is 0.00000225. The van der Waals surface area contributed by atoms with Crippen molar-refractivity contribution in [2.24, 2.45) is 5.73 Å². The Morgan fingerprint density at radius 1 is 1.38 bits per heavy atom. The van der Waals surface area contributed by atoms with Gasteiger partial charge in [0.1, 0.15) is 0 Å². The number of ether oxygens (including phenoxy) is 2. The fraction of sp³-hybridized carbons (Fsp3) is 0.545. The SMILES string of the molecule is COCC(OC)C(N)Cc1ccccn1.Cl. The zero-order valence-electron chi connectivity index (χ0n) is 9.63. The summed E-state index contributed by atoms with van der Waals surface area (Å²) in [7, 11) is 3.28. The molecule has 0 amide bonds. The largest absolute Gasteiger partial charge is 0.382 e. The molecule has 0 saturated heterocycles. The molecule has 1 rings (SSSR count). The van der Waals surface area contributed by atoms with Crippen LogP contribution in [-0.4, -0.2) is 38.0 Å². The summed E-state index contributed by atoms with van der Waals surface area (Å²) < 4.78 is 10.3. The third-order valence-electron chi connectivity index (χ3n) is 2.28. The van der Waals surface area contributed by atoms with E-state index in [1.807, 2.05) is 18.2 Å². The van der Waals surface area contributed by atoms with Crippen molar-refractivity contribution in [2.75, 3.05) is 20.8 Å². The van der Waals surface area contributed by atoms with E-state index in [4.69, 9.17) is 15.2 Å². The van der Waals surface area contributed by atoms with Crippen molar-refractivity contribution in [3.8, 4) is 0 Å². The van der Waals surface area contributed by atoms with Crippen LogP contribution in [0.1, 0.15) is 5.69 Å². The number of hydrogen-bond donors (Lipinski definition) is 1. The number of aromatic nitrogens is 1. The van der Waals surface area contributed by atoms with Gasteiger partial charge in [-0.1, -0.05) is 6.07 Å². The predicted octanol–water partition coefficient (Wildman–Crippen LogP) is 1.03. The van der Waals surface area contributed by atoms with Crippen molar-refractivity contribution < 1.29 is 9.47 Å². The van der Waals surface area contributed by atoms with Gasteiger partial charge in [0.25, 0.3) is 0 Å². The Kier molecular flexibility index (Phi) is 8.11. The molecule has 0 aliphatic rings. The van der Waals surface area contributed by atoms with Crippen LogP contribution in [0.3, 0.4) is 0 Å². The topological polar surface area (TPSA) is 57.4 Å². The van der Waals surface area contributed by atoms with E-state index in [9.17, 15) is 0 Å². The van der Waals surface area contributed by atoms with Crippen LogP contribution in [0.4, 0.5) is 0 Å². The van der Waals surface area contributed by atoms with Crippen LogP contribution < -0.4 is 5.73 Å². The van der Waals surface area contributed by atoms with Gasteiger partial charge in [-0.3, -0.25) is 4.98 Å². The van der Waals surface area contributed by atoms with E-state index >= 15 is 0 Å². The van der Waals surface area contributed by atoms with Crippen molar-refractivity contribution in [1.29, 1.82) is 0 Å².